The second-order valence-electron chi connectivity index (χ2n) is 8.26. The van der Waals surface area contributed by atoms with Gasteiger partial charge < -0.3 is 14.4 Å². The van der Waals surface area contributed by atoms with E-state index in [1.54, 1.807) is 11.3 Å². The number of halogens is 3. The van der Waals surface area contributed by atoms with Gasteiger partial charge in [-0.3, -0.25) is 0 Å². The van der Waals surface area contributed by atoms with Crippen LogP contribution in [0.15, 0.2) is 64.9 Å². The van der Waals surface area contributed by atoms with Gasteiger partial charge in [0.2, 0.25) is 10.0 Å². The quantitative estimate of drug-likeness (QED) is 0.387. The zero-order valence-corrected chi connectivity index (χ0v) is 19.3. The van der Waals surface area contributed by atoms with Gasteiger partial charge >= 0.3 is 6.36 Å². The van der Waals surface area contributed by atoms with Crippen LogP contribution in [0.1, 0.15) is 25.3 Å². The molecule has 4 aromatic rings. The molecule has 0 spiro atoms. The monoisotopic (exact) mass is 510 g/mol. The molecule has 3 unspecified atom stereocenters. The minimum Gasteiger partial charge on any atom is -0.406 e. The molecule has 2 heterocycles. The SMILES string of the molecule is O=S(=O)(NC1CCCC(n2c3ccccc3c3sccc32)C1O)c1ccc(OC(F)(F)F)cc1. The summed E-state index contributed by atoms with van der Waals surface area (Å²) in [6.45, 7) is 0. The summed E-state index contributed by atoms with van der Waals surface area (Å²) >= 11 is 1.62. The van der Waals surface area contributed by atoms with Crippen molar-refractivity contribution < 1.29 is 31.4 Å². The smallest absolute Gasteiger partial charge is 0.406 e. The molecule has 1 aliphatic rings. The first kappa shape index (κ1) is 23.2. The Balaban J connectivity index is 1.41. The maximum absolute atomic E-state index is 12.9. The van der Waals surface area contributed by atoms with Gasteiger partial charge in [-0.2, -0.15) is 0 Å². The number of aliphatic hydroxyl groups excluding tert-OH is 1. The number of thiophene rings is 1. The predicted octanol–water partition coefficient (Wildman–Crippen LogP) is 5.19. The van der Waals surface area contributed by atoms with Crippen LogP contribution in [0.4, 0.5) is 13.2 Å². The van der Waals surface area contributed by atoms with Crippen molar-refractivity contribution in [1.82, 2.24) is 9.29 Å². The fraction of sp³-hybridized carbons (Fsp3) is 0.304. The minimum atomic E-state index is -4.86. The van der Waals surface area contributed by atoms with E-state index in [2.05, 4.69) is 14.0 Å². The van der Waals surface area contributed by atoms with Gasteiger partial charge in [-0.05, 0) is 61.0 Å². The van der Waals surface area contributed by atoms with Crippen LogP contribution in [0.25, 0.3) is 21.1 Å². The number of nitrogens with one attached hydrogen (secondary N) is 1. The summed E-state index contributed by atoms with van der Waals surface area (Å²) in [6, 6.07) is 12.8. The highest BCUT2D eigenvalue weighted by Crippen LogP contribution is 2.40. The van der Waals surface area contributed by atoms with E-state index in [1.165, 1.54) is 0 Å². The molecule has 2 N–H and O–H groups in total. The van der Waals surface area contributed by atoms with Gasteiger partial charge in [0.25, 0.3) is 0 Å². The number of hydrogen-bond acceptors (Lipinski definition) is 5. The summed E-state index contributed by atoms with van der Waals surface area (Å²) in [4.78, 5) is -0.206. The Bertz CT molecular complexity index is 1430. The van der Waals surface area contributed by atoms with Gasteiger partial charge in [-0.25, -0.2) is 13.1 Å². The number of aliphatic hydroxyl groups is 1. The van der Waals surface area contributed by atoms with E-state index in [1.807, 2.05) is 35.7 Å². The number of ether oxygens (including phenoxy) is 1. The molecule has 0 saturated heterocycles. The molecule has 0 amide bonds. The van der Waals surface area contributed by atoms with Gasteiger partial charge in [-0.15, -0.1) is 24.5 Å². The third-order valence-electron chi connectivity index (χ3n) is 6.14. The summed E-state index contributed by atoms with van der Waals surface area (Å²) in [5.41, 5.74) is 1.98. The van der Waals surface area contributed by atoms with Crippen molar-refractivity contribution >= 4 is 42.5 Å². The molecule has 0 bridgehead atoms. The zero-order chi connectivity index (χ0) is 24.1. The highest BCUT2D eigenvalue weighted by atomic mass is 32.2. The van der Waals surface area contributed by atoms with E-state index in [0.717, 1.165) is 45.4 Å². The van der Waals surface area contributed by atoms with Crippen molar-refractivity contribution in [3.63, 3.8) is 0 Å². The van der Waals surface area contributed by atoms with Crippen molar-refractivity contribution in [2.24, 2.45) is 0 Å². The molecule has 180 valence electrons. The maximum atomic E-state index is 12.9. The molecule has 3 atom stereocenters. The molecule has 1 aliphatic carbocycles. The summed E-state index contributed by atoms with van der Waals surface area (Å²) in [5.74, 6) is -0.511. The van der Waals surface area contributed by atoms with Crippen LogP contribution in [0, 0.1) is 0 Å². The van der Waals surface area contributed by atoms with Crippen LogP contribution < -0.4 is 9.46 Å². The third kappa shape index (κ3) is 4.28. The van der Waals surface area contributed by atoms with Gasteiger partial charge in [0, 0.05) is 5.39 Å². The first-order chi connectivity index (χ1) is 16.1. The van der Waals surface area contributed by atoms with Crippen molar-refractivity contribution in [2.75, 3.05) is 0 Å². The lowest BCUT2D eigenvalue weighted by Gasteiger charge is -2.36. The van der Waals surface area contributed by atoms with Crippen LogP contribution in [-0.4, -0.2) is 36.6 Å². The fourth-order valence-corrected chi connectivity index (χ4v) is 6.92. The van der Waals surface area contributed by atoms with E-state index in [0.29, 0.717) is 19.3 Å². The number of alkyl halides is 3. The molecule has 11 heteroatoms. The topological polar surface area (TPSA) is 80.6 Å². The second-order valence-corrected chi connectivity index (χ2v) is 10.9. The Morgan fingerprint density at radius 3 is 2.50 bits per heavy atom. The molecule has 0 radical (unpaired) electrons. The van der Waals surface area contributed by atoms with Crippen LogP contribution in [0.5, 0.6) is 5.75 Å². The largest absolute Gasteiger partial charge is 0.573 e. The van der Waals surface area contributed by atoms with Crippen molar-refractivity contribution in [3.05, 3.63) is 60.0 Å². The maximum Gasteiger partial charge on any atom is 0.573 e. The Morgan fingerprint density at radius 2 is 1.76 bits per heavy atom. The average Bonchev–Trinajstić information content (AvgIpc) is 3.36. The van der Waals surface area contributed by atoms with E-state index >= 15 is 0 Å². The Labute approximate surface area is 197 Å². The zero-order valence-electron chi connectivity index (χ0n) is 17.7. The summed E-state index contributed by atoms with van der Waals surface area (Å²) in [7, 11) is -4.07. The minimum absolute atomic E-state index is 0.206. The van der Waals surface area contributed by atoms with Gasteiger partial charge in [-0.1, -0.05) is 18.2 Å². The molecular weight excluding hydrogens is 489 g/mol. The highest BCUT2D eigenvalue weighted by molar-refractivity contribution is 7.89. The number of nitrogens with zero attached hydrogens (tertiary/aromatic N) is 1. The van der Waals surface area contributed by atoms with Crippen LogP contribution in [0.3, 0.4) is 0 Å². The summed E-state index contributed by atoms with van der Waals surface area (Å²) in [5, 5.41) is 14.3. The average molecular weight is 511 g/mol. The van der Waals surface area contributed by atoms with E-state index in [4.69, 9.17) is 0 Å². The number of sulfonamides is 1. The van der Waals surface area contributed by atoms with E-state index < -0.39 is 34.3 Å². The Morgan fingerprint density at radius 1 is 1.03 bits per heavy atom. The molecule has 0 aliphatic heterocycles. The molecule has 6 nitrogen and oxygen atoms in total. The van der Waals surface area contributed by atoms with Crippen LogP contribution >= 0.6 is 11.3 Å². The standard InChI is InChI=1S/C23H21F3N2O4S2/c24-23(25,26)32-14-8-10-15(11-9-14)34(30,31)27-17-5-3-7-19(21(17)29)28-18-6-2-1-4-16(18)22-20(28)12-13-33-22/h1-2,4,6,8-13,17,19,21,27,29H,3,5,7H2. The Kier molecular flexibility index (Phi) is 5.83. The van der Waals surface area contributed by atoms with Gasteiger partial charge in [0.15, 0.2) is 0 Å². The Hall–Kier alpha value is -2.60. The number of benzene rings is 2. The lowest BCUT2D eigenvalue weighted by Crippen LogP contribution is -2.49. The van der Waals surface area contributed by atoms with Gasteiger partial charge in [0.1, 0.15) is 5.75 Å². The molecule has 5 rings (SSSR count). The molecule has 34 heavy (non-hydrogen) atoms. The normalized spacial score (nSPS) is 21.8. The summed E-state index contributed by atoms with van der Waals surface area (Å²) < 4.78 is 72.5. The van der Waals surface area contributed by atoms with E-state index in [9.17, 15) is 26.7 Å². The van der Waals surface area contributed by atoms with Crippen molar-refractivity contribution in [3.8, 4) is 5.75 Å². The van der Waals surface area contributed by atoms with E-state index in [-0.39, 0.29) is 10.9 Å². The number of aromatic nitrogens is 1. The first-order valence-corrected chi connectivity index (χ1v) is 13.0. The number of para-hydroxylation sites is 1. The lowest BCUT2D eigenvalue weighted by atomic mass is 9.88. The highest BCUT2D eigenvalue weighted by Gasteiger charge is 2.37. The lowest BCUT2D eigenvalue weighted by molar-refractivity contribution is -0.274. The predicted molar refractivity (Wildman–Crippen MR) is 123 cm³/mol. The second kappa shape index (κ2) is 8.56. The summed E-state index contributed by atoms with van der Waals surface area (Å²) in [6.07, 6.45) is -4.03. The van der Waals surface area contributed by atoms with Gasteiger partial charge in [0.05, 0.1) is 38.8 Å². The van der Waals surface area contributed by atoms with Crippen LogP contribution in [-0.2, 0) is 10.0 Å². The first-order valence-electron chi connectivity index (χ1n) is 10.7. The number of rotatable bonds is 5. The van der Waals surface area contributed by atoms with Crippen LogP contribution in [0.2, 0.25) is 0 Å². The molecule has 1 fully saturated rings. The molecule has 1 saturated carbocycles. The fourth-order valence-electron chi connectivity index (χ4n) is 4.71. The number of hydrogen-bond donors (Lipinski definition) is 2. The third-order valence-corrected chi connectivity index (χ3v) is 8.58. The van der Waals surface area contributed by atoms with Crippen molar-refractivity contribution in [1.29, 1.82) is 0 Å². The molecule has 2 aromatic heterocycles. The number of fused-ring (bicyclic) bond motifs is 3. The van der Waals surface area contributed by atoms with Crippen molar-refractivity contribution in [2.45, 2.75) is 48.7 Å². The molecular formula is C23H21F3N2O4S2. The molecule has 2 aromatic carbocycles.